The molecular formula is C24H25N3O2. The molecule has 0 bridgehead atoms. The Morgan fingerprint density at radius 2 is 1.72 bits per heavy atom. The van der Waals surface area contributed by atoms with Gasteiger partial charge in [0.1, 0.15) is 5.84 Å². The largest absolute Gasteiger partial charge is 0.481 e. The zero-order chi connectivity index (χ0) is 20.5. The van der Waals surface area contributed by atoms with Crippen molar-refractivity contribution in [1.29, 1.82) is 0 Å². The van der Waals surface area contributed by atoms with Crippen molar-refractivity contribution in [2.75, 3.05) is 7.11 Å². The first-order chi connectivity index (χ1) is 14.2. The normalized spacial score (nSPS) is 16.7. The molecule has 148 valence electrons. The number of carbonyl (C=O) groups excluding carboxylic acids is 1. The van der Waals surface area contributed by atoms with Crippen molar-refractivity contribution in [3.8, 4) is 5.88 Å². The number of carbonyl (C=O) groups is 1. The van der Waals surface area contributed by atoms with Gasteiger partial charge in [-0.25, -0.2) is 4.98 Å². The molecule has 1 atom stereocenters. The van der Waals surface area contributed by atoms with Crippen molar-refractivity contribution in [2.24, 2.45) is 4.99 Å². The topological polar surface area (TPSA) is 63.6 Å². The molecule has 2 aromatic carbocycles. The summed E-state index contributed by atoms with van der Waals surface area (Å²) in [7, 11) is 1.61. The number of aliphatic imine (C=N–C) groups is 1. The van der Waals surface area contributed by atoms with Gasteiger partial charge in [-0.3, -0.25) is 9.79 Å². The average Bonchev–Trinajstić information content (AvgIpc) is 3.15. The van der Waals surface area contributed by atoms with Crippen LogP contribution in [0.3, 0.4) is 0 Å². The molecular weight excluding hydrogens is 362 g/mol. The number of ether oxygens (including phenoxy) is 1. The van der Waals surface area contributed by atoms with Gasteiger partial charge in [-0.1, -0.05) is 66.7 Å². The quantitative estimate of drug-likeness (QED) is 0.726. The molecule has 4 rings (SSSR count). The van der Waals surface area contributed by atoms with Crippen LogP contribution in [0.25, 0.3) is 0 Å². The van der Waals surface area contributed by atoms with E-state index < -0.39 is 0 Å². The number of nitrogens with one attached hydrogen (secondary N) is 1. The number of rotatable bonds is 4. The zero-order valence-electron chi connectivity index (χ0n) is 16.7. The van der Waals surface area contributed by atoms with Crippen LogP contribution in [0.15, 0.2) is 84.0 Å². The number of amides is 1. The highest BCUT2D eigenvalue weighted by Gasteiger charge is 2.29. The summed E-state index contributed by atoms with van der Waals surface area (Å²) in [5, 5.41) is 2.88. The maximum Gasteiger partial charge on any atom is 0.226 e. The Hall–Kier alpha value is -3.47. The lowest BCUT2D eigenvalue weighted by molar-refractivity contribution is -0.118. The van der Waals surface area contributed by atoms with Crippen LogP contribution in [0.2, 0.25) is 0 Å². The third-order valence-corrected chi connectivity index (χ3v) is 4.56. The lowest BCUT2D eigenvalue weighted by Gasteiger charge is -2.09. The third kappa shape index (κ3) is 6.01. The predicted molar refractivity (Wildman–Crippen MR) is 115 cm³/mol. The van der Waals surface area contributed by atoms with Crippen LogP contribution < -0.4 is 10.1 Å². The van der Waals surface area contributed by atoms with E-state index in [2.05, 4.69) is 15.3 Å². The van der Waals surface area contributed by atoms with E-state index in [1.807, 2.05) is 79.7 Å². The Morgan fingerprint density at radius 1 is 1.03 bits per heavy atom. The molecule has 1 fully saturated rings. The smallest absolute Gasteiger partial charge is 0.226 e. The van der Waals surface area contributed by atoms with E-state index in [1.54, 1.807) is 13.3 Å². The van der Waals surface area contributed by atoms with Crippen molar-refractivity contribution in [3.05, 3.63) is 95.7 Å². The molecule has 29 heavy (non-hydrogen) atoms. The van der Waals surface area contributed by atoms with Gasteiger partial charge in [0, 0.05) is 18.7 Å². The van der Waals surface area contributed by atoms with E-state index in [4.69, 9.17) is 4.74 Å². The van der Waals surface area contributed by atoms with Crippen LogP contribution in [0.1, 0.15) is 29.0 Å². The summed E-state index contributed by atoms with van der Waals surface area (Å²) in [4.78, 5) is 20.2. The van der Waals surface area contributed by atoms with E-state index in [-0.39, 0.29) is 11.8 Å². The fourth-order valence-corrected chi connectivity index (χ4v) is 3.01. The molecule has 0 radical (unpaired) electrons. The van der Waals surface area contributed by atoms with Gasteiger partial charge in [0.2, 0.25) is 11.8 Å². The van der Waals surface area contributed by atoms with Crippen molar-refractivity contribution in [3.63, 3.8) is 0 Å². The number of aromatic nitrogens is 1. The van der Waals surface area contributed by atoms with Crippen LogP contribution >= 0.6 is 0 Å². The van der Waals surface area contributed by atoms with Gasteiger partial charge in [0.15, 0.2) is 0 Å². The molecule has 1 aliphatic heterocycles. The fraction of sp³-hybridized carbons (Fsp3) is 0.208. The van der Waals surface area contributed by atoms with Gasteiger partial charge in [0.05, 0.1) is 19.6 Å². The number of aryl methyl sites for hydroxylation is 1. The fourth-order valence-electron chi connectivity index (χ4n) is 3.01. The standard InChI is InChI=1S/C17H16N2O.C7H9NO/c20-16-11-15(14-9-5-2-6-10-14)17(19-16)18-12-13-7-3-1-4-8-13;1-6-3-4-7(9-2)8-5-6/h1-10,15H,11-12H2,(H,18,19,20);3-5H,1-2H3. The minimum absolute atomic E-state index is 0.0469. The van der Waals surface area contributed by atoms with Gasteiger partial charge in [-0.2, -0.15) is 0 Å². The molecule has 1 unspecified atom stereocenters. The molecule has 0 spiro atoms. The summed E-state index contributed by atoms with van der Waals surface area (Å²) in [6.45, 7) is 2.59. The van der Waals surface area contributed by atoms with Crippen LogP contribution in [-0.2, 0) is 11.3 Å². The summed E-state index contributed by atoms with van der Waals surface area (Å²) in [6, 6.07) is 23.9. The SMILES string of the molecule is COc1ccc(C)cn1.O=C1CC(c2ccccc2)C(=NCc2ccccc2)N1. The van der Waals surface area contributed by atoms with Crippen molar-refractivity contribution >= 4 is 11.7 Å². The Bertz CT molecular complexity index is 939. The molecule has 3 aromatic rings. The molecule has 1 N–H and O–H groups in total. The van der Waals surface area contributed by atoms with Gasteiger partial charge in [-0.15, -0.1) is 0 Å². The van der Waals surface area contributed by atoms with Crippen molar-refractivity contribution < 1.29 is 9.53 Å². The first kappa shape index (κ1) is 20.3. The second-order valence-corrected chi connectivity index (χ2v) is 6.78. The zero-order valence-corrected chi connectivity index (χ0v) is 16.7. The Balaban J connectivity index is 0.000000224. The van der Waals surface area contributed by atoms with Crippen LogP contribution in [-0.4, -0.2) is 23.8 Å². The molecule has 1 aromatic heterocycles. The molecule has 5 nitrogen and oxygen atoms in total. The van der Waals surface area contributed by atoms with E-state index in [9.17, 15) is 4.79 Å². The molecule has 0 saturated carbocycles. The number of amidine groups is 1. The van der Waals surface area contributed by atoms with E-state index in [0.717, 1.165) is 22.5 Å². The Kier molecular flexibility index (Phi) is 7.11. The number of methoxy groups -OCH3 is 1. The maximum absolute atomic E-state index is 11.7. The number of benzene rings is 2. The maximum atomic E-state index is 11.7. The lowest BCUT2D eigenvalue weighted by Crippen LogP contribution is -2.22. The van der Waals surface area contributed by atoms with Gasteiger partial charge >= 0.3 is 0 Å². The number of nitrogens with zero attached hydrogens (tertiary/aromatic N) is 2. The number of hydrogen-bond acceptors (Lipinski definition) is 4. The number of hydrogen-bond donors (Lipinski definition) is 1. The second kappa shape index (κ2) is 10.2. The molecule has 1 saturated heterocycles. The minimum Gasteiger partial charge on any atom is -0.481 e. The van der Waals surface area contributed by atoms with Gasteiger partial charge in [-0.05, 0) is 23.6 Å². The van der Waals surface area contributed by atoms with Crippen LogP contribution in [0, 0.1) is 6.92 Å². The summed E-state index contributed by atoms with van der Waals surface area (Å²) in [5.41, 5.74) is 3.43. The molecule has 1 aliphatic rings. The third-order valence-electron chi connectivity index (χ3n) is 4.56. The summed E-state index contributed by atoms with van der Waals surface area (Å²) in [6.07, 6.45) is 2.26. The molecule has 0 aliphatic carbocycles. The molecule has 2 heterocycles. The first-order valence-corrected chi connectivity index (χ1v) is 9.55. The Morgan fingerprint density at radius 3 is 2.34 bits per heavy atom. The van der Waals surface area contributed by atoms with Crippen molar-refractivity contribution in [2.45, 2.75) is 25.8 Å². The monoisotopic (exact) mass is 387 g/mol. The minimum atomic E-state index is 0.0469. The highest BCUT2D eigenvalue weighted by molar-refractivity contribution is 6.08. The second-order valence-electron chi connectivity index (χ2n) is 6.78. The Labute approximate surface area is 171 Å². The van der Waals surface area contributed by atoms with Gasteiger partial charge < -0.3 is 10.1 Å². The highest BCUT2D eigenvalue weighted by Crippen LogP contribution is 2.25. The van der Waals surface area contributed by atoms with Crippen LogP contribution in [0.5, 0.6) is 5.88 Å². The van der Waals surface area contributed by atoms with Crippen LogP contribution in [0.4, 0.5) is 0 Å². The predicted octanol–water partition coefficient (Wildman–Crippen LogP) is 4.29. The van der Waals surface area contributed by atoms with E-state index >= 15 is 0 Å². The van der Waals surface area contributed by atoms with Crippen molar-refractivity contribution in [1.82, 2.24) is 10.3 Å². The summed E-state index contributed by atoms with van der Waals surface area (Å²) in [5.74, 6) is 1.56. The molecule has 5 heteroatoms. The molecule has 1 amide bonds. The first-order valence-electron chi connectivity index (χ1n) is 9.55. The van der Waals surface area contributed by atoms with Gasteiger partial charge in [0.25, 0.3) is 0 Å². The average molecular weight is 387 g/mol. The summed E-state index contributed by atoms with van der Waals surface area (Å²) < 4.78 is 4.86. The highest BCUT2D eigenvalue weighted by atomic mass is 16.5. The van der Waals surface area contributed by atoms with E-state index in [1.165, 1.54) is 0 Å². The van der Waals surface area contributed by atoms with E-state index in [0.29, 0.717) is 18.8 Å². The number of pyridine rings is 1. The summed E-state index contributed by atoms with van der Waals surface area (Å²) >= 11 is 0. The lowest BCUT2D eigenvalue weighted by atomic mass is 9.97.